The van der Waals surface area contributed by atoms with Gasteiger partial charge in [0.15, 0.2) is 0 Å². The van der Waals surface area contributed by atoms with Crippen molar-refractivity contribution in [3.05, 3.63) is 66.2 Å². The van der Waals surface area contributed by atoms with Gasteiger partial charge in [-0.15, -0.1) is 0 Å². The predicted molar refractivity (Wildman–Crippen MR) is 88.1 cm³/mol. The second-order valence-electron chi connectivity index (χ2n) is 3.94. The topological polar surface area (TPSA) is 43.4 Å². The third-order valence-corrected chi connectivity index (χ3v) is 9.95. The summed E-state index contributed by atoms with van der Waals surface area (Å²) < 4.78 is 66.7. The van der Waals surface area contributed by atoms with Gasteiger partial charge in [-0.25, -0.2) is 0 Å². The average Bonchev–Trinajstić information content (AvgIpc) is 2.46. The van der Waals surface area contributed by atoms with Crippen molar-refractivity contribution in [2.45, 2.75) is 5.51 Å². The SMILES string of the molecule is O=S(=O)(OI(c1ccccc1)c1ccc(Br)cc1)C(F)(F)F. The monoisotopic (exact) mass is 508 g/mol. The zero-order valence-corrected chi connectivity index (χ0v) is 15.3. The van der Waals surface area contributed by atoms with Crippen molar-refractivity contribution in [1.82, 2.24) is 0 Å². The fourth-order valence-electron chi connectivity index (χ4n) is 1.39. The average molecular weight is 509 g/mol. The van der Waals surface area contributed by atoms with E-state index in [-0.39, 0.29) is 0 Å². The molecule has 3 nitrogen and oxygen atoms in total. The van der Waals surface area contributed by atoms with Gasteiger partial charge in [-0.1, -0.05) is 0 Å². The third kappa shape index (κ3) is 4.21. The Hall–Kier alpha value is -0.650. The first kappa shape index (κ1) is 17.7. The van der Waals surface area contributed by atoms with Crippen LogP contribution in [0.15, 0.2) is 59.1 Å². The number of hydrogen-bond donors (Lipinski definition) is 0. The molecule has 0 aliphatic heterocycles. The minimum absolute atomic E-state index is 0.450. The molecule has 2 aromatic rings. The van der Waals surface area contributed by atoms with E-state index < -0.39 is 35.9 Å². The Morgan fingerprint density at radius 2 is 1.41 bits per heavy atom. The molecule has 2 aromatic carbocycles. The molecule has 0 bridgehead atoms. The first-order valence-electron chi connectivity index (χ1n) is 5.72. The quantitative estimate of drug-likeness (QED) is 0.441. The van der Waals surface area contributed by atoms with Gasteiger partial charge in [-0.05, 0) is 0 Å². The molecule has 0 radical (unpaired) electrons. The zero-order valence-electron chi connectivity index (χ0n) is 10.7. The van der Waals surface area contributed by atoms with Crippen molar-refractivity contribution in [2.75, 3.05) is 0 Å². The van der Waals surface area contributed by atoms with E-state index in [1.807, 2.05) is 0 Å². The van der Waals surface area contributed by atoms with E-state index >= 15 is 0 Å². The van der Waals surface area contributed by atoms with Crippen LogP contribution in [0.5, 0.6) is 0 Å². The van der Waals surface area contributed by atoms with Gasteiger partial charge in [-0.2, -0.15) is 0 Å². The molecule has 0 atom stereocenters. The van der Waals surface area contributed by atoms with Crippen molar-refractivity contribution in [2.24, 2.45) is 0 Å². The van der Waals surface area contributed by atoms with Gasteiger partial charge < -0.3 is 0 Å². The molecule has 0 amide bonds. The molecule has 9 heteroatoms. The maximum absolute atomic E-state index is 12.6. The summed E-state index contributed by atoms with van der Waals surface area (Å²) in [5.74, 6) is 0. The molecular weight excluding hydrogens is 500 g/mol. The van der Waals surface area contributed by atoms with Crippen LogP contribution in [0.1, 0.15) is 0 Å². The molecule has 0 spiro atoms. The van der Waals surface area contributed by atoms with E-state index in [4.69, 9.17) is 0 Å². The normalized spacial score (nSPS) is 13.0. The molecule has 22 heavy (non-hydrogen) atoms. The van der Waals surface area contributed by atoms with E-state index in [1.54, 1.807) is 54.6 Å². The third-order valence-electron chi connectivity index (χ3n) is 2.36. The van der Waals surface area contributed by atoms with Crippen molar-refractivity contribution in [3.63, 3.8) is 0 Å². The number of alkyl halides is 3. The molecule has 0 saturated heterocycles. The molecular formula is C13H9BrF3IO3S. The molecule has 0 heterocycles. The van der Waals surface area contributed by atoms with Gasteiger partial charge >= 0.3 is 142 Å². The van der Waals surface area contributed by atoms with Crippen molar-refractivity contribution >= 4 is 46.3 Å². The van der Waals surface area contributed by atoms with E-state index in [2.05, 4.69) is 18.4 Å². The molecule has 120 valence electrons. The van der Waals surface area contributed by atoms with Gasteiger partial charge in [0, 0.05) is 0 Å². The summed E-state index contributed by atoms with van der Waals surface area (Å²) in [4.78, 5) is 0. The molecule has 0 aliphatic carbocycles. The fourth-order valence-corrected chi connectivity index (χ4v) is 8.12. The van der Waals surface area contributed by atoms with Gasteiger partial charge in [0.25, 0.3) is 0 Å². The first-order chi connectivity index (χ1) is 10.2. The van der Waals surface area contributed by atoms with Crippen LogP contribution >= 0.6 is 36.2 Å². The Bertz CT molecular complexity index is 733. The van der Waals surface area contributed by atoms with E-state index in [9.17, 15) is 21.6 Å². The van der Waals surface area contributed by atoms with E-state index in [0.29, 0.717) is 7.14 Å². The van der Waals surface area contributed by atoms with E-state index in [0.717, 1.165) is 4.47 Å². The number of halogens is 5. The Morgan fingerprint density at radius 1 is 0.909 bits per heavy atom. The summed E-state index contributed by atoms with van der Waals surface area (Å²) in [5, 5.41) is 0. The summed E-state index contributed by atoms with van der Waals surface area (Å²) >= 11 is -0.0135. The van der Waals surface area contributed by atoms with Crippen LogP contribution in [0.2, 0.25) is 0 Å². The standard InChI is InChI=1S/C13H9BrF3IO3S/c14-10-6-8-12(9-7-10)18(11-4-2-1-3-5-11)21-22(19,20)13(15,16)17/h1-9H. The van der Waals surface area contributed by atoms with Gasteiger partial charge in [0.1, 0.15) is 0 Å². The molecule has 0 saturated carbocycles. The Kier molecular flexibility index (Phi) is 5.51. The van der Waals surface area contributed by atoms with E-state index in [1.165, 1.54) is 0 Å². The molecule has 0 unspecified atom stereocenters. The van der Waals surface area contributed by atoms with Crippen LogP contribution < -0.4 is 0 Å². The van der Waals surface area contributed by atoms with Crippen molar-refractivity contribution in [3.8, 4) is 0 Å². The fraction of sp³-hybridized carbons (Fsp3) is 0.0769. The molecule has 0 N–H and O–H groups in total. The molecule has 2 rings (SSSR count). The minimum atomic E-state index is -5.65. The summed E-state index contributed by atoms with van der Waals surface area (Å²) in [6, 6.07) is 14.5. The number of benzene rings is 2. The number of rotatable bonds is 4. The van der Waals surface area contributed by atoms with Crippen LogP contribution in [-0.4, -0.2) is 13.9 Å². The second kappa shape index (κ2) is 6.85. The van der Waals surface area contributed by atoms with Gasteiger partial charge in [0.2, 0.25) is 0 Å². The van der Waals surface area contributed by atoms with Crippen LogP contribution in [0.4, 0.5) is 13.2 Å². The van der Waals surface area contributed by atoms with Crippen LogP contribution in [0.3, 0.4) is 0 Å². The van der Waals surface area contributed by atoms with Crippen LogP contribution in [0.25, 0.3) is 0 Å². The Morgan fingerprint density at radius 3 is 1.91 bits per heavy atom. The van der Waals surface area contributed by atoms with Crippen molar-refractivity contribution in [1.29, 1.82) is 0 Å². The summed E-state index contributed by atoms with van der Waals surface area (Å²) in [5.41, 5.74) is -5.44. The number of hydrogen-bond acceptors (Lipinski definition) is 3. The Balaban J connectivity index is 2.46. The molecule has 0 aliphatic rings. The van der Waals surface area contributed by atoms with Crippen molar-refractivity contribution < 1.29 is 24.1 Å². The van der Waals surface area contributed by atoms with Crippen LogP contribution in [0, 0.1) is 7.14 Å². The molecule has 0 aromatic heterocycles. The zero-order chi connectivity index (χ0) is 16.4. The summed E-state index contributed by atoms with van der Waals surface area (Å²) in [6.45, 7) is 0. The van der Waals surface area contributed by atoms with Gasteiger partial charge in [-0.3, -0.25) is 0 Å². The first-order valence-corrected chi connectivity index (χ1v) is 11.0. The molecule has 0 fully saturated rings. The summed E-state index contributed by atoms with van der Waals surface area (Å²) in [7, 11) is -5.65. The Labute approximate surface area is 141 Å². The summed E-state index contributed by atoms with van der Waals surface area (Å²) in [6.07, 6.45) is 0. The van der Waals surface area contributed by atoms with Gasteiger partial charge in [0.05, 0.1) is 0 Å². The van der Waals surface area contributed by atoms with Crippen LogP contribution in [-0.2, 0) is 12.6 Å². The second-order valence-corrected chi connectivity index (χ2v) is 11.3. The predicted octanol–water partition coefficient (Wildman–Crippen LogP) is 4.78. The maximum atomic E-state index is 12.6.